The molecule has 5 heteroatoms. The number of nitrogens with zero attached hydrogens (tertiary/aromatic N) is 1. The van der Waals surface area contributed by atoms with Crippen LogP contribution in [0.3, 0.4) is 0 Å². The minimum absolute atomic E-state index is 0.476. The van der Waals surface area contributed by atoms with Crippen LogP contribution in [0, 0.1) is 0 Å². The molecule has 4 nitrogen and oxygen atoms in total. The lowest BCUT2D eigenvalue weighted by atomic mass is 10.0. The molecule has 0 bridgehead atoms. The predicted octanol–water partition coefficient (Wildman–Crippen LogP) is 6.03. The summed E-state index contributed by atoms with van der Waals surface area (Å²) in [6.45, 7) is 2.65. The number of nitrogens with one attached hydrogen (secondary N) is 1. The van der Waals surface area contributed by atoms with Crippen LogP contribution in [0.1, 0.15) is 17.5 Å². The summed E-state index contributed by atoms with van der Waals surface area (Å²) in [6.07, 6.45) is 2.62. The van der Waals surface area contributed by atoms with Gasteiger partial charge in [-0.05, 0) is 53.6 Å². The number of halogens is 1. The third-order valence-corrected chi connectivity index (χ3v) is 5.20. The number of ether oxygens (including phenoxy) is 2. The average Bonchev–Trinajstić information content (AvgIpc) is 2.81. The van der Waals surface area contributed by atoms with Crippen LogP contribution in [0.4, 0.5) is 0 Å². The van der Waals surface area contributed by atoms with Gasteiger partial charge < -0.3 is 14.8 Å². The van der Waals surface area contributed by atoms with Gasteiger partial charge in [0, 0.05) is 29.4 Å². The highest BCUT2D eigenvalue weighted by Crippen LogP contribution is 2.29. The molecule has 0 aliphatic rings. The van der Waals surface area contributed by atoms with Gasteiger partial charge in [-0.1, -0.05) is 60.1 Å². The molecular weight excluding hydrogens is 408 g/mol. The highest BCUT2D eigenvalue weighted by molar-refractivity contribution is 6.30. The van der Waals surface area contributed by atoms with Crippen molar-refractivity contribution in [1.29, 1.82) is 0 Å². The standard InChI is InChI=1S/C26H25ClN2O2/c27-22-9-5-7-20(17-22)19-31-25-13-12-21-8-1-2-10-23(21)24(25)18-28-14-6-16-30-26-11-3-4-15-29-26/h1-5,7-13,15,17,28H,6,14,16,18-19H2. The molecule has 31 heavy (non-hydrogen) atoms. The summed E-state index contributed by atoms with van der Waals surface area (Å²) in [5, 5.41) is 6.64. The minimum Gasteiger partial charge on any atom is -0.489 e. The molecule has 0 fully saturated rings. The van der Waals surface area contributed by atoms with Gasteiger partial charge in [0.05, 0.1) is 6.61 Å². The first-order valence-electron chi connectivity index (χ1n) is 10.4. The van der Waals surface area contributed by atoms with Gasteiger partial charge >= 0.3 is 0 Å². The molecule has 0 aliphatic carbocycles. The van der Waals surface area contributed by atoms with Gasteiger partial charge in [0.2, 0.25) is 5.88 Å². The van der Waals surface area contributed by atoms with E-state index in [0.29, 0.717) is 19.1 Å². The molecule has 1 N–H and O–H groups in total. The molecule has 0 atom stereocenters. The normalized spacial score (nSPS) is 10.9. The number of fused-ring (bicyclic) bond motifs is 1. The van der Waals surface area contributed by atoms with Crippen LogP contribution in [0.25, 0.3) is 10.8 Å². The summed E-state index contributed by atoms with van der Waals surface area (Å²) in [7, 11) is 0. The Bertz CT molecular complexity index is 1120. The Balaban J connectivity index is 1.38. The zero-order valence-corrected chi connectivity index (χ0v) is 18.0. The topological polar surface area (TPSA) is 43.4 Å². The van der Waals surface area contributed by atoms with Crippen molar-refractivity contribution in [3.8, 4) is 11.6 Å². The Labute approximate surface area is 187 Å². The van der Waals surface area contributed by atoms with Crippen LogP contribution in [0.2, 0.25) is 5.02 Å². The number of hydrogen-bond acceptors (Lipinski definition) is 4. The lowest BCUT2D eigenvalue weighted by Crippen LogP contribution is -2.18. The minimum atomic E-state index is 0.476. The Hall–Kier alpha value is -3.08. The Morgan fingerprint density at radius 2 is 1.77 bits per heavy atom. The maximum absolute atomic E-state index is 6.19. The second-order valence-electron chi connectivity index (χ2n) is 7.23. The number of rotatable bonds is 10. The molecular formula is C26H25ClN2O2. The number of benzene rings is 3. The molecule has 1 aromatic heterocycles. The maximum atomic E-state index is 6.19. The van der Waals surface area contributed by atoms with Crippen molar-refractivity contribution in [2.24, 2.45) is 0 Å². The molecule has 0 radical (unpaired) electrons. The van der Waals surface area contributed by atoms with E-state index in [-0.39, 0.29) is 0 Å². The van der Waals surface area contributed by atoms with Crippen LogP contribution in [0.5, 0.6) is 11.6 Å². The van der Waals surface area contributed by atoms with E-state index >= 15 is 0 Å². The summed E-state index contributed by atoms with van der Waals surface area (Å²) in [5.41, 5.74) is 2.21. The van der Waals surface area contributed by atoms with Crippen molar-refractivity contribution in [3.05, 3.63) is 101 Å². The van der Waals surface area contributed by atoms with E-state index in [0.717, 1.165) is 41.4 Å². The first-order chi connectivity index (χ1) is 15.3. The molecule has 0 saturated carbocycles. The van der Waals surface area contributed by atoms with Gasteiger partial charge in [0.15, 0.2) is 0 Å². The van der Waals surface area contributed by atoms with Gasteiger partial charge in [-0.2, -0.15) is 0 Å². The van der Waals surface area contributed by atoms with Crippen molar-refractivity contribution in [2.45, 2.75) is 19.6 Å². The largest absolute Gasteiger partial charge is 0.489 e. The Morgan fingerprint density at radius 1 is 0.871 bits per heavy atom. The van der Waals surface area contributed by atoms with Crippen LogP contribution in [-0.4, -0.2) is 18.1 Å². The average molecular weight is 433 g/mol. The second-order valence-corrected chi connectivity index (χ2v) is 7.67. The zero-order valence-electron chi connectivity index (χ0n) is 17.3. The fourth-order valence-corrected chi connectivity index (χ4v) is 3.65. The van der Waals surface area contributed by atoms with E-state index in [1.807, 2.05) is 48.5 Å². The summed E-state index contributed by atoms with van der Waals surface area (Å²) < 4.78 is 11.9. The summed E-state index contributed by atoms with van der Waals surface area (Å²) in [4.78, 5) is 4.17. The zero-order chi connectivity index (χ0) is 21.3. The SMILES string of the molecule is Clc1cccc(COc2ccc3ccccc3c2CNCCCOc2ccccn2)c1. The molecule has 0 saturated heterocycles. The van der Waals surface area contributed by atoms with E-state index in [4.69, 9.17) is 21.1 Å². The molecule has 4 aromatic rings. The molecule has 0 amide bonds. The van der Waals surface area contributed by atoms with Gasteiger partial charge in [-0.3, -0.25) is 0 Å². The van der Waals surface area contributed by atoms with E-state index in [9.17, 15) is 0 Å². The fraction of sp³-hybridized carbons (Fsp3) is 0.192. The first kappa shape index (κ1) is 21.2. The highest BCUT2D eigenvalue weighted by Gasteiger charge is 2.09. The fourth-order valence-electron chi connectivity index (χ4n) is 3.44. The lowest BCUT2D eigenvalue weighted by Gasteiger charge is -2.15. The van der Waals surface area contributed by atoms with Crippen molar-refractivity contribution >= 4 is 22.4 Å². The van der Waals surface area contributed by atoms with Crippen LogP contribution in [0.15, 0.2) is 85.1 Å². The van der Waals surface area contributed by atoms with Gasteiger partial charge in [-0.25, -0.2) is 4.98 Å². The highest BCUT2D eigenvalue weighted by atomic mass is 35.5. The van der Waals surface area contributed by atoms with Crippen molar-refractivity contribution < 1.29 is 9.47 Å². The monoisotopic (exact) mass is 432 g/mol. The van der Waals surface area contributed by atoms with E-state index in [1.54, 1.807) is 6.20 Å². The van der Waals surface area contributed by atoms with E-state index < -0.39 is 0 Å². The summed E-state index contributed by atoms with van der Waals surface area (Å²) in [6, 6.07) is 26.0. The molecule has 0 spiro atoms. The predicted molar refractivity (Wildman–Crippen MR) is 126 cm³/mol. The Morgan fingerprint density at radius 3 is 2.65 bits per heavy atom. The van der Waals surface area contributed by atoms with E-state index in [2.05, 4.69) is 40.6 Å². The smallest absolute Gasteiger partial charge is 0.213 e. The molecule has 1 heterocycles. The lowest BCUT2D eigenvalue weighted by molar-refractivity contribution is 0.294. The van der Waals surface area contributed by atoms with Crippen LogP contribution >= 0.6 is 11.6 Å². The van der Waals surface area contributed by atoms with Crippen LogP contribution in [-0.2, 0) is 13.2 Å². The third-order valence-electron chi connectivity index (χ3n) is 4.97. The van der Waals surface area contributed by atoms with Gasteiger partial charge in [-0.15, -0.1) is 0 Å². The molecule has 0 aliphatic heterocycles. The van der Waals surface area contributed by atoms with E-state index in [1.165, 1.54) is 10.8 Å². The van der Waals surface area contributed by atoms with Crippen molar-refractivity contribution in [1.82, 2.24) is 10.3 Å². The van der Waals surface area contributed by atoms with Crippen LogP contribution < -0.4 is 14.8 Å². The summed E-state index contributed by atoms with van der Waals surface area (Å²) >= 11 is 6.11. The molecule has 158 valence electrons. The Kier molecular flexibility index (Phi) is 7.37. The third kappa shape index (κ3) is 5.97. The second kappa shape index (κ2) is 10.8. The van der Waals surface area contributed by atoms with Gasteiger partial charge in [0.1, 0.15) is 12.4 Å². The molecule has 3 aromatic carbocycles. The quantitative estimate of drug-likeness (QED) is 0.311. The van der Waals surface area contributed by atoms with Crippen molar-refractivity contribution in [2.75, 3.05) is 13.2 Å². The number of pyridine rings is 1. The number of aromatic nitrogens is 1. The summed E-state index contributed by atoms with van der Waals surface area (Å²) in [5.74, 6) is 1.55. The first-order valence-corrected chi connectivity index (χ1v) is 10.8. The molecule has 4 rings (SSSR count). The number of hydrogen-bond donors (Lipinski definition) is 1. The maximum Gasteiger partial charge on any atom is 0.213 e. The molecule has 0 unspecified atom stereocenters. The van der Waals surface area contributed by atoms with Gasteiger partial charge in [0.25, 0.3) is 0 Å². The van der Waals surface area contributed by atoms with Crippen molar-refractivity contribution in [3.63, 3.8) is 0 Å².